The van der Waals surface area contributed by atoms with Gasteiger partial charge >= 0.3 is 0 Å². The minimum Gasteiger partial charge on any atom is -0.380 e. The molecule has 3 aromatic carbocycles. The van der Waals surface area contributed by atoms with Crippen molar-refractivity contribution >= 4 is 17.4 Å². The summed E-state index contributed by atoms with van der Waals surface area (Å²) < 4.78 is 5.11. The molecule has 0 saturated carbocycles. The van der Waals surface area contributed by atoms with Crippen LogP contribution in [0.3, 0.4) is 0 Å². The predicted octanol–water partition coefficient (Wildman–Crippen LogP) is 5.27. The van der Waals surface area contributed by atoms with Gasteiger partial charge in [-0.15, -0.1) is 0 Å². The summed E-state index contributed by atoms with van der Waals surface area (Å²) in [6.07, 6.45) is 0.808. The molecule has 4 heteroatoms. The Morgan fingerprint density at radius 2 is 1.24 bits per heavy atom. The van der Waals surface area contributed by atoms with Gasteiger partial charge in [-0.1, -0.05) is 72.8 Å². The van der Waals surface area contributed by atoms with Crippen molar-refractivity contribution in [3.8, 4) is 23.3 Å². The van der Waals surface area contributed by atoms with Crippen LogP contribution in [-0.2, 0) is 11.3 Å². The van der Waals surface area contributed by atoms with Crippen LogP contribution in [-0.4, -0.2) is 13.4 Å². The molecule has 0 N–H and O–H groups in total. The van der Waals surface area contributed by atoms with Crippen LogP contribution < -0.4 is 0 Å². The molecule has 140 valence electrons. The maximum absolute atomic E-state index is 10.8. The standard InChI is InChI=1S/C25H18N2O2/c1-29-17-19-4-8-22(9-5-19)24(14-26)25(15-27)23-12-10-21(11-13-23)20-6-2-18(16-28)3-7-20/h2-13,16H,17H2,1H3. The van der Waals surface area contributed by atoms with Gasteiger partial charge in [-0.3, -0.25) is 4.79 Å². The van der Waals surface area contributed by atoms with Crippen molar-refractivity contribution in [1.82, 2.24) is 0 Å². The molecule has 0 amide bonds. The number of ether oxygens (including phenoxy) is 1. The van der Waals surface area contributed by atoms with Crippen LogP contribution in [0.1, 0.15) is 27.0 Å². The molecule has 0 heterocycles. The first-order valence-electron chi connectivity index (χ1n) is 8.99. The number of nitrogens with zero attached hydrogens (tertiary/aromatic N) is 2. The molecule has 0 aliphatic heterocycles. The number of rotatable bonds is 6. The van der Waals surface area contributed by atoms with E-state index >= 15 is 0 Å². The molecule has 0 unspecified atom stereocenters. The van der Waals surface area contributed by atoms with Crippen LogP contribution in [0.25, 0.3) is 22.3 Å². The summed E-state index contributed by atoms with van der Waals surface area (Å²) >= 11 is 0. The van der Waals surface area contributed by atoms with E-state index in [1.807, 2.05) is 60.7 Å². The van der Waals surface area contributed by atoms with Crippen molar-refractivity contribution < 1.29 is 9.53 Å². The lowest BCUT2D eigenvalue weighted by molar-refractivity contribution is 0.112. The molecule has 3 rings (SSSR count). The molecule has 29 heavy (non-hydrogen) atoms. The number of hydrogen-bond acceptors (Lipinski definition) is 4. The Hall–Kier alpha value is -3.99. The van der Waals surface area contributed by atoms with Gasteiger partial charge in [0.05, 0.1) is 17.8 Å². The second-order valence-electron chi connectivity index (χ2n) is 6.42. The van der Waals surface area contributed by atoms with E-state index in [0.29, 0.717) is 34.4 Å². The van der Waals surface area contributed by atoms with Gasteiger partial charge in [-0.05, 0) is 27.8 Å². The third-order valence-electron chi connectivity index (χ3n) is 4.58. The summed E-state index contributed by atoms with van der Waals surface area (Å²) in [7, 11) is 1.63. The van der Waals surface area contributed by atoms with E-state index in [1.165, 1.54) is 0 Å². The Bertz CT molecular complexity index is 1110. The first-order valence-corrected chi connectivity index (χ1v) is 8.99. The second kappa shape index (κ2) is 9.28. The average molecular weight is 378 g/mol. The minimum atomic E-state index is 0.329. The summed E-state index contributed by atoms with van der Waals surface area (Å²) in [5.74, 6) is 0. The molecule has 0 fully saturated rings. The van der Waals surface area contributed by atoms with Crippen molar-refractivity contribution in [2.24, 2.45) is 0 Å². The zero-order chi connectivity index (χ0) is 20.6. The van der Waals surface area contributed by atoms with E-state index in [2.05, 4.69) is 12.1 Å². The first-order chi connectivity index (χ1) is 14.2. The topological polar surface area (TPSA) is 73.9 Å². The molecule has 0 atom stereocenters. The molecule has 0 aliphatic carbocycles. The molecular formula is C25H18N2O2. The molecule has 3 aromatic rings. The monoisotopic (exact) mass is 378 g/mol. The number of carbonyl (C=O) groups excluding carboxylic acids is 1. The highest BCUT2D eigenvalue weighted by Gasteiger charge is 2.12. The molecule has 0 spiro atoms. The zero-order valence-electron chi connectivity index (χ0n) is 15.9. The summed E-state index contributed by atoms with van der Waals surface area (Å²) in [6, 6.07) is 26.5. The number of methoxy groups -OCH3 is 1. The highest BCUT2D eigenvalue weighted by atomic mass is 16.5. The van der Waals surface area contributed by atoms with Gasteiger partial charge in [0, 0.05) is 12.7 Å². The van der Waals surface area contributed by atoms with E-state index in [4.69, 9.17) is 4.74 Å². The SMILES string of the molecule is COCc1ccc(C(C#N)=C(C#N)c2ccc(-c3ccc(C=O)cc3)cc2)cc1. The Balaban J connectivity index is 1.96. The summed E-state index contributed by atoms with van der Waals surface area (Å²) in [4.78, 5) is 10.8. The molecule has 0 bridgehead atoms. The quantitative estimate of drug-likeness (QED) is 0.333. The molecule has 0 radical (unpaired) electrons. The Morgan fingerprint density at radius 3 is 1.66 bits per heavy atom. The predicted molar refractivity (Wildman–Crippen MR) is 112 cm³/mol. The van der Waals surface area contributed by atoms with Crippen molar-refractivity contribution in [3.63, 3.8) is 0 Å². The number of nitriles is 2. The first kappa shape index (κ1) is 19.8. The van der Waals surface area contributed by atoms with Crippen LogP contribution in [0.5, 0.6) is 0 Å². The second-order valence-corrected chi connectivity index (χ2v) is 6.42. The van der Waals surface area contributed by atoms with Gasteiger partial charge in [0.25, 0.3) is 0 Å². The Labute approximate surface area is 169 Å². The van der Waals surface area contributed by atoms with Crippen molar-refractivity contribution in [1.29, 1.82) is 10.5 Å². The largest absolute Gasteiger partial charge is 0.380 e. The van der Waals surface area contributed by atoms with E-state index < -0.39 is 0 Å². The number of allylic oxidation sites excluding steroid dienone is 2. The van der Waals surface area contributed by atoms with Crippen LogP contribution in [0.2, 0.25) is 0 Å². The number of hydrogen-bond donors (Lipinski definition) is 0. The maximum atomic E-state index is 10.8. The van der Waals surface area contributed by atoms with Gasteiger partial charge in [0.1, 0.15) is 18.4 Å². The normalized spacial score (nSPS) is 11.1. The number of carbonyl (C=O) groups is 1. The minimum absolute atomic E-state index is 0.329. The van der Waals surface area contributed by atoms with Crippen LogP contribution in [0, 0.1) is 22.7 Å². The molecule has 0 aromatic heterocycles. The van der Waals surface area contributed by atoms with E-state index in [1.54, 1.807) is 19.2 Å². The third kappa shape index (κ3) is 4.47. The van der Waals surface area contributed by atoms with Gasteiger partial charge in [-0.2, -0.15) is 10.5 Å². The Kier molecular flexibility index (Phi) is 6.32. The third-order valence-corrected chi connectivity index (χ3v) is 4.58. The van der Waals surface area contributed by atoms with Gasteiger partial charge in [-0.25, -0.2) is 0 Å². The average Bonchev–Trinajstić information content (AvgIpc) is 2.78. The highest BCUT2D eigenvalue weighted by molar-refractivity contribution is 6.02. The fourth-order valence-corrected chi connectivity index (χ4v) is 3.05. The maximum Gasteiger partial charge on any atom is 0.150 e. The molecular weight excluding hydrogens is 360 g/mol. The summed E-state index contributed by atoms with van der Waals surface area (Å²) in [5.41, 5.74) is 5.59. The molecule has 0 aliphatic rings. The van der Waals surface area contributed by atoms with E-state index in [9.17, 15) is 15.3 Å². The number of benzene rings is 3. The van der Waals surface area contributed by atoms with Gasteiger partial charge in [0.2, 0.25) is 0 Å². The van der Waals surface area contributed by atoms with E-state index in [0.717, 1.165) is 23.0 Å². The highest BCUT2D eigenvalue weighted by Crippen LogP contribution is 2.28. The summed E-state index contributed by atoms with van der Waals surface area (Å²) in [6.45, 7) is 0.492. The van der Waals surface area contributed by atoms with Crippen LogP contribution in [0.15, 0.2) is 72.8 Å². The van der Waals surface area contributed by atoms with Crippen LogP contribution >= 0.6 is 0 Å². The zero-order valence-corrected chi connectivity index (χ0v) is 15.9. The van der Waals surface area contributed by atoms with Crippen molar-refractivity contribution in [2.75, 3.05) is 7.11 Å². The van der Waals surface area contributed by atoms with Gasteiger partial charge < -0.3 is 4.74 Å². The molecule has 4 nitrogen and oxygen atoms in total. The molecule has 0 saturated heterocycles. The van der Waals surface area contributed by atoms with Crippen molar-refractivity contribution in [3.05, 3.63) is 95.1 Å². The van der Waals surface area contributed by atoms with Crippen LogP contribution in [0.4, 0.5) is 0 Å². The van der Waals surface area contributed by atoms with Crippen molar-refractivity contribution in [2.45, 2.75) is 6.61 Å². The fraction of sp³-hybridized carbons (Fsp3) is 0.0800. The fourth-order valence-electron chi connectivity index (χ4n) is 3.05. The summed E-state index contributed by atoms with van der Waals surface area (Å²) in [5, 5.41) is 19.4. The lowest BCUT2D eigenvalue weighted by Crippen LogP contribution is -1.92. The lowest BCUT2D eigenvalue weighted by Gasteiger charge is -2.08. The van der Waals surface area contributed by atoms with E-state index in [-0.39, 0.29) is 0 Å². The number of aldehydes is 1. The smallest absolute Gasteiger partial charge is 0.150 e. The Morgan fingerprint density at radius 1 is 0.793 bits per heavy atom. The van der Waals surface area contributed by atoms with Gasteiger partial charge in [0.15, 0.2) is 0 Å². The lowest BCUT2D eigenvalue weighted by atomic mass is 9.94.